The lowest BCUT2D eigenvalue weighted by atomic mass is 9.88. The number of hydrogen-bond donors (Lipinski definition) is 0. The Labute approximate surface area is 258 Å². The van der Waals surface area contributed by atoms with Gasteiger partial charge in [-0.3, -0.25) is 4.98 Å². The topological polar surface area (TPSA) is 22.1 Å². The molecule has 0 spiro atoms. The van der Waals surface area contributed by atoms with E-state index in [0.29, 0.717) is 12.5 Å². The van der Waals surface area contributed by atoms with Crippen molar-refractivity contribution in [2.45, 2.75) is 90.7 Å². The van der Waals surface area contributed by atoms with Crippen LogP contribution in [-0.2, 0) is 23.3 Å². The van der Waals surface area contributed by atoms with Crippen molar-refractivity contribution in [1.29, 1.82) is 0 Å². The Balaban J connectivity index is 1.99. The normalized spacial score (nSPS) is 12.2. The summed E-state index contributed by atoms with van der Waals surface area (Å²) >= 11 is 6.58. The predicted octanol–water partition coefficient (Wildman–Crippen LogP) is 9.56. The molecule has 1 aromatic heterocycles. The molecule has 0 radical (unpaired) electrons. The number of hydrogen-bond acceptors (Lipinski definition) is 2. The van der Waals surface area contributed by atoms with Crippen LogP contribution in [-0.4, -0.2) is 13.3 Å². The first-order valence-corrected chi connectivity index (χ1v) is 17.7. The van der Waals surface area contributed by atoms with Crippen molar-refractivity contribution in [2.75, 3.05) is 0 Å². The average Bonchev–Trinajstić information content (AvgIpc) is 2.98. The Morgan fingerprint density at radius 2 is 1.40 bits per heavy atom. The van der Waals surface area contributed by atoms with Crippen LogP contribution in [0, 0.1) is 5.82 Å². The van der Waals surface area contributed by atoms with Crippen LogP contribution in [0.25, 0.3) is 11.1 Å². The van der Waals surface area contributed by atoms with Gasteiger partial charge in [0, 0.05) is 11.3 Å². The van der Waals surface area contributed by atoms with E-state index in [9.17, 15) is 4.39 Å². The summed E-state index contributed by atoms with van der Waals surface area (Å²) in [7, 11) is -2.81. The Morgan fingerprint density at radius 1 is 0.833 bits per heavy atom. The number of rotatable bonds is 12. The second-order valence-electron chi connectivity index (χ2n) is 12.5. The minimum Gasteiger partial charge on any atom is -0.403 e. The Kier molecular flexibility index (Phi) is 10.8. The number of alkyl halides is 1. The molecule has 0 aliphatic heterocycles. The Morgan fingerprint density at radius 3 is 1.88 bits per heavy atom. The van der Waals surface area contributed by atoms with E-state index in [1.54, 1.807) is 12.1 Å². The first-order chi connectivity index (χ1) is 20.1. The van der Waals surface area contributed by atoms with E-state index >= 15 is 0 Å². The molecule has 4 aromatic rings. The molecule has 2 nitrogen and oxygen atoms in total. The van der Waals surface area contributed by atoms with E-state index in [4.69, 9.17) is 21.0 Å². The fourth-order valence-electron chi connectivity index (χ4n) is 6.20. The molecule has 1 heterocycles. The molecule has 0 amide bonds. The predicted molar refractivity (Wildman–Crippen MR) is 179 cm³/mol. The third-order valence-corrected chi connectivity index (χ3v) is 13.4. The van der Waals surface area contributed by atoms with Gasteiger partial charge in [0.1, 0.15) is 5.82 Å². The maximum absolute atomic E-state index is 14.2. The summed E-state index contributed by atoms with van der Waals surface area (Å²) in [6.07, 6.45) is 4.18. The number of benzene rings is 3. The van der Waals surface area contributed by atoms with Gasteiger partial charge in [0.15, 0.2) is 0 Å². The van der Waals surface area contributed by atoms with Crippen LogP contribution in [0.5, 0.6) is 0 Å². The highest BCUT2D eigenvalue weighted by Crippen LogP contribution is 2.40. The zero-order chi connectivity index (χ0) is 30.3. The minimum absolute atomic E-state index is 0.156. The number of nitrogens with zero attached hydrogens (tertiary/aromatic N) is 1. The van der Waals surface area contributed by atoms with Crippen LogP contribution in [0.4, 0.5) is 4.39 Å². The fraction of sp³-hybridized carbons (Fsp3) is 0.378. The molecule has 0 bridgehead atoms. The molecule has 42 heavy (non-hydrogen) atoms. The molecule has 0 aliphatic rings. The molecule has 0 fully saturated rings. The molecule has 3 aromatic carbocycles. The highest BCUT2D eigenvalue weighted by molar-refractivity contribution is 6.99. The van der Waals surface area contributed by atoms with Crippen molar-refractivity contribution in [3.05, 3.63) is 113 Å². The summed E-state index contributed by atoms with van der Waals surface area (Å²) < 4.78 is 21.6. The van der Waals surface area contributed by atoms with Crippen molar-refractivity contribution in [1.82, 2.24) is 4.98 Å². The molecule has 0 atom stereocenters. The standard InChI is InChI=1S/C37H45ClFNOSi/c1-7-8-11-20-32-34(25-38)40-36(27(2)3)33(35(32)28-21-23-29(39)24-22-28)26-41-42(37(4,5)6,30-16-12-9-13-17-30)31-18-14-10-15-19-31/h9-10,12-19,21-24,27H,7-8,11,20,25-26H2,1-6H3. The van der Waals surface area contributed by atoms with Gasteiger partial charge in [0.2, 0.25) is 0 Å². The number of pyridine rings is 1. The maximum Gasteiger partial charge on any atom is 0.261 e. The minimum atomic E-state index is -2.81. The summed E-state index contributed by atoms with van der Waals surface area (Å²) in [5.41, 5.74) is 6.27. The summed E-state index contributed by atoms with van der Waals surface area (Å²) in [6.45, 7) is 13.9. The van der Waals surface area contributed by atoms with E-state index in [2.05, 4.69) is 102 Å². The van der Waals surface area contributed by atoms with Gasteiger partial charge >= 0.3 is 0 Å². The summed E-state index contributed by atoms with van der Waals surface area (Å²) in [4.78, 5) is 5.21. The molecule has 0 aliphatic carbocycles. The van der Waals surface area contributed by atoms with E-state index in [1.807, 2.05) is 12.1 Å². The van der Waals surface area contributed by atoms with Crippen molar-refractivity contribution >= 4 is 30.3 Å². The van der Waals surface area contributed by atoms with Gasteiger partial charge in [-0.1, -0.05) is 127 Å². The van der Waals surface area contributed by atoms with Crippen LogP contribution in [0.15, 0.2) is 84.9 Å². The zero-order valence-electron chi connectivity index (χ0n) is 26.0. The largest absolute Gasteiger partial charge is 0.403 e. The van der Waals surface area contributed by atoms with Gasteiger partial charge in [-0.25, -0.2) is 4.39 Å². The highest BCUT2D eigenvalue weighted by atomic mass is 35.5. The van der Waals surface area contributed by atoms with Crippen LogP contribution in [0.2, 0.25) is 5.04 Å². The SMILES string of the molecule is CCCCCc1c(CCl)nc(C(C)C)c(CO[Si](c2ccccc2)(c2ccccc2)C(C)(C)C)c1-c1ccc(F)cc1. The van der Waals surface area contributed by atoms with E-state index in [0.717, 1.165) is 59.3 Å². The lowest BCUT2D eigenvalue weighted by molar-refractivity contribution is 0.284. The van der Waals surface area contributed by atoms with E-state index < -0.39 is 8.32 Å². The van der Waals surface area contributed by atoms with Gasteiger partial charge in [-0.2, -0.15) is 0 Å². The third-order valence-electron chi connectivity index (χ3n) is 8.20. The molecule has 5 heteroatoms. The third kappa shape index (κ3) is 6.72. The lowest BCUT2D eigenvalue weighted by Crippen LogP contribution is -2.66. The molecular formula is C37H45ClFNOSi. The van der Waals surface area contributed by atoms with E-state index in [1.165, 1.54) is 10.4 Å². The first kappa shape index (κ1) is 32.1. The van der Waals surface area contributed by atoms with Gasteiger partial charge in [0.05, 0.1) is 18.2 Å². The van der Waals surface area contributed by atoms with Crippen molar-refractivity contribution in [3.8, 4) is 11.1 Å². The first-order valence-electron chi connectivity index (χ1n) is 15.3. The van der Waals surface area contributed by atoms with Gasteiger partial charge in [-0.05, 0) is 63.0 Å². The molecular weight excluding hydrogens is 557 g/mol. The smallest absolute Gasteiger partial charge is 0.261 e. The molecule has 0 unspecified atom stereocenters. The lowest BCUT2D eigenvalue weighted by Gasteiger charge is -2.43. The second kappa shape index (κ2) is 14.1. The fourth-order valence-corrected chi connectivity index (χ4v) is 10.9. The van der Waals surface area contributed by atoms with Gasteiger partial charge in [-0.15, -0.1) is 11.6 Å². The zero-order valence-corrected chi connectivity index (χ0v) is 27.8. The quantitative estimate of drug-likeness (QED) is 0.0916. The van der Waals surface area contributed by atoms with Gasteiger partial charge < -0.3 is 4.43 Å². The van der Waals surface area contributed by atoms with Crippen molar-refractivity contribution in [3.63, 3.8) is 0 Å². The Hall–Kier alpha value is -2.79. The highest BCUT2D eigenvalue weighted by Gasteiger charge is 2.50. The summed E-state index contributed by atoms with van der Waals surface area (Å²) in [6, 6.07) is 28.4. The van der Waals surface area contributed by atoms with Crippen LogP contribution >= 0.6 is 11.6 Å². The molecule has 4 rings (SSSR count). The molecule has 0 saturated heterocycles. The summed E-state index contributed by atoms with van der Waals surface area (Å²) in [5, 5.41) is 2.33. The average molecular weight is 602 g/mol. The monoisotopic (exact) mass is 601 g/mol. The second-order valence-corrected chi connectivity index (χ2v) is 17.1. The molecule has 0 N–H and O–H groups in total. The van der Waals surface area contributed by atoms with Gasteiger partial charge in [0.25, 0.3) is 8.32 Å². The van der Waals surface area contributed by atoms with Crippen LogP contribution in [0.3, 0.4) is 0 Å². The number of unbranched alkanes of at least 4 members (excludes halogenated alkanes) is 2. The molecule has 222 valence electrons. The number of aromatic nitrogens is 1. The molecule has 0 saturated carbocycles. The summed E-state index contributed by atoms with van der Waals surface area (Å²) in [5.74, 6) is 0.256. The van der Waals surface area contributed by atoms with Crippen LogP contribution < -0.4 is 10.4 Å². The number of halogens is 2. The van der Waals surface area contributed by atoms with E-state index in [-0.39, 0.29) is 16.8 Å². The Bertz CT molecular complexity index is 1390. The van der Waals surface area contributed by atoms with Crippen molar-refractivity contribution in [2.24, 2.45) is 0 Å². The van der Waals surface area contributed by atoms with Crippen LogP contribution in [0.1, 0.15) is 89.2 Å². The maximum atomic E-state index is 14.2. The van der Waals surface area contributed by atoms with Crippen molar-refractivity contribution < 1.29 is 8.82 Å².